The number of fused-ring (bicyclic) bond motifs is 1. The van der Waals surface area contributed by atoms with Gasteiger partial charge in [0.25, 0.3) is 10.0 Å². The van der Waals surface area contributed by atoms with E-state index in [-0.39, 0.29) is 5.03 Å². The Hall–Kier alpha value is -1.60. The molecule has 0 spiro atoms. The number of anilines is 1. The third-order valence-electron chi connectivity index (χ3n) is 4.15. The first-order valence-electron chi connectivity index (χ1n) is 7.06. The fourth-order valence-electron chi connectivity index (χ4n) is 2.61. The van der Waals surface area contributed by atoms with Crippen molar-refractivity contribution in [3.8, 4) is 0 Å². The zero-order valence-corrected chi connectivity index (χ0v) is 13.3. The van der Waals surface area contributed by atoms with Gasteiger partial charge in [-0.1, -0.05) is 13.0 Å². The molecule has 0 aliphatic heterocycles. The van der Waals surface area contributed by atoms with Crippen LogP contribution in [0.4, 0.5) is 5.82 Å². The van der Waals surface area contributed by atoms with Crippen LogP contribution in [0.3, 0.4) is 0 Å². The van der Waals surface area contributed by atoms with Crippen molar-refractivity contribution >= 4 is 21.5 Å². The minimum absolute atomic E-state index is 0.205. The van der Waals surface area contributed by atoms with E-state index in [1.165, 1.54) is 4.31 Å². The Kier molecular flexibility index (Phi) is 3.41. The van der Waals surface area contributed by atoms with E-state index >= 15 is 0 Å². The Bertz CT molecular complexity index is 768. The summed E-state index contributed by atoms with van der Waals surface area (Å²) in [4.78, 5) is 4.34. The maximum absolute atomic E-state index is 12.9. The highest BCUT2D eigenvalue weighted by Gasteiger charge is 2.37. The topological polar surface area (TPSA) is 66.7 Å². The highest BCUT2D eigenvalue weighted by molar-refractivity contribution is 7.89. The highest BCUT2D eigenvalue weighted by atomic mass is 32.2. The molecule has 2 aromatic rings. The van der Waals surface area contributed by atoms with Crippen molar-refractivity contribution in [2.45, 2.75) is 18.4 Å². The van der Waals surface area contributed by atoms with Gasteiger partial charge < -0.3 is 5.32 Å². The first kappa shape index (κ1) is 14.3. The van der Waals surface area contributed by atoms with Gasteiger partial charge in [0.05, 0.1) is 0 Å². The number of hydrogen-bond donors (Lipinski definition) is 1. The second kappa shape index (κ2) is 4.99. The molecule has 1 N–H and O–H groups in total. The Labute approximate surface area is 124 Å². The third-order valence-corrected chi connectivity index (χ3v) is 5.99. The monoisotopic (exact) mass is 308 g/mol. The summed E-state index contributed by atoms with van der Waals surface area (Å²) < 4.78 is 28.8. The molecule has 1 aliphatic carbocycles. The van der Waals surface area contributed by atoms with Gasteiger partial charge in [-0.3, -0.25) is 4.40 Å². The predicted molar refractivity (Wildman–Crippen MR) is 81.8 cm³/mol. The van der Waals surface area contributed by atoms with Gasteiger partial charge in [0.2, 0.25) is 0 Å². The van der Waals surface area contributed by atoms with Crippen LogP contribution in [0.2, 0.25) is 0 Å². The van der Waals surface area contributed by atoms with Crippen molar-refractivity contribution < 1.29 is 8.42 Å². The number of nitrogens with zero attached hydrogens (tertiary/aromatic N) is 3. The van der Waals surface area contributed by atoms with Crippen LogP contribution >= 0.6 is 0 Å². The van der Waals surface area contributed by atoms with Gasteiger partial charge in [-0.15, -0.1) is 0 Å². The molecule has 0 aromatic carbocycles. The fourth-order valence-corrected chi connectivity index (χ4v) is 4.09. The maximum Gasteiger partial charge on any atom is 0.262 e. The van der Waals surface area contributed by atoms with Crippen molar-refractivity contribution in [3.05, 3.63) is 24.4 Å². The van der Waals surface area contributed by atoms with Gasteiger partial charge >= 0.3 is 0 Å². The van der Waals surface area contributed by atoms with Crippen molar-refractivity contribution in [1.82, 2.24) is 13.7 Å². The molecule has 0 amide bonds. The van der Waals surface area contributed by atoms with Gasteiger partial charge in [0.15, 0.2) is 10.8 Å². The van der Waals surface area contributed by atoms with E-state index in [2.05, 4.69) is 17.2 Å². The summed E-state index contributed by atoms with van der Waals surface area (Å²) in [6.07, 6.45) is 2.83. The molecule has 3 rings (SSSR count). The number of hydrogen-bond acceptors (Lipinski definition) is 4. The summed E-state index contributed by atoms with van der Waals surface area (Å²) in [5.41, 5.74) is 0.619. The molecule has 2 atom stereocenters. The van der Waals surface area contributed by atoms with Crippen LogP contribution in [0.1, 0.15) is 13.3 Å². The molecule has 1 saturated carbocycles. The molecule has 0 radical (unpaired) electrons. The van der Waals surface area contributed by atoms with E-state index in [0.29, 0.717) is 29.8 Å². The summed E-state index contributed by atoms with van der Waals surface area (Å²) in [7, 11) is -0.247. The third kappa shape index (κ3) is 2.40. The average molecular weight is 308 g/mol. The second-order valence-electron chi connectivity index (χ2n) is 5.70. The fraction of sp³-hybridized carbons (Fsp3) is 0.500. The lowest BCUT2D eigenvalue weighted by Gasteiger charge is -2.17. The molecule has 2 heterocycles. The van der Waals surface area contributed by atoms with E-state index in [9.17, 15) is 8.42 Å². The number of sulfonamides is 1. The van der Waals surface area contributed by atoms with E-state index < -0.39 is 10.0 Å². The number of pyridine rings is 1. The normalized spacial score (nSPS) is 21.9. The molecule has 21 heavy (non-hydrogen) atoms. The second-order valence-corrected chi connectivity index (χ2v) is 7.66. The van der Waals surface area contributed by atoms with Gasteiger partial charge in [0, 0.05) is 26.8 Å². The molecule has 2 aromatic heterocycles. The van der Waals surface area contributed by atoms with E-state index in [1.54, 1.807) is 36.8 Å². The largest absolute Gasteiger partial charge is 0.371 e. The zero-order valence-electron chi connectivity index (χ0n) is 12.4. The number of aromatic nitrogens is 2. The molecule has 6 nitrogen and oxygen atoms in total. The molecule has 0 saturated heterocycles. The molecule has 7 heteroatoms. The number of imidazole rings is 1. The molecule has 0 bridgehead atoms. The summed E-state index contributed by atoms with van der Waals surface area (Å²) in [5.74, 6) is 1.48. The van der Waals surface area contributed by atoms with Crippen molar-refractivity contribution in [2.24, 2.45) is 11.8 Å². The summed E-state index contributed by atoms with van der Waals surface area (Å²) in [6, 6.07) is 5.44. The van der Waals surface area contributed by atoms with Crippen molar-refractivity contribution in [1.29, 1.82) is 0 Å². The van der Waals surface area contributed by atoms with Gasteiger partial charge in [-0.05, 0) is 30.4 Å². The van der Waals surface area contributed by atoms with Crippen LogP contribution in [-0.2, 0) is 10.0 Å². The Morgan fingerprint density at radius 3 is 2.81 bits per heavy atom. The standard InChI is InChI=1S/C14H20N4O2S/c1-10-8-11(10)9-17(3)21(19,20)14-13(15-2)16-12-6-4-5-7-18(12)14/h4-7,10-11,15H,8-9H2,1-3H3. The molecular weight excluding hydrogens is 288 g/mol. The van der Waals surface area contributed by atoms with Crippen LogP contribution in [0.15, 0.2) is 29.4 Å². The minimum Gasteiger partial charge on any atom is -0.371 e. The van der Waals surface area contributed by atoms with E-state index in [1.807, 2.05) is 6.07 Å². The Morgan fingerprint density at radius 1 is 1.48 bits per heavy atom. The first-order chi connectivity index (χ1) is 9.95. The minimum atomic E-state index is -3.57. The molecule has 2 unspecified atom stereocenters. The lowest BCUT2D eigenvalue weighted by Crippen LogP contribution is -2.30. The lowest BCUT2D eigenvalue weighted by molar-refractivity contribution is 0.442. The predicted octanol–water partition coefficient (Wildman–Crippen LogP) is 1.65. The van der Waals surface area contributed by atoms with Gasteiger partial charge in [-0.2, -0.15) is 4.31 Å². The van der Waals surface area contributed by atoms with E-state index in [4.69, 9.17) is 0 Å². The van der Waals surface area contributed by atoms with Crippen molar-refractivity contribution in [2.75, 3.05) is 26.0 Å². The Morgan fingerprint density at radius 2 is 2.19 bits per heavy atom. The Balaban J connectivity index is 2.05. The summed E-state index contributed by atoms with van der Waals surface area (Å²) in [6.45, 7) is 2.71. The van der Waals surface area contributed by atoms with Crippen LogP contribution in [-0.4, -0.2) is 42.7 Å². The maximum atomic E-state index is 12.9. The first-order valence-corrected chi connectivity index (χ1v) is 8.50. The number of rotatable bonds is 5. The number of nitrogens with one attached hydrogen (secondary N) is 1. The SMILES string of the molecule is CNc1nc2ccccn2c1S(=O)(=O)N(C)CC1CC1C. The average Bonchev–Trinajstić information content (AvgIpc) is 3.02. The van der Waals surface area contributed by atoms with Crippen molar-refractivity contribution in [3.63, 3.8) is 0 Å². The molecule has 114 valence electrons. The molecule has 1 aliphatic rings. The van der Waals surface area contributed by atoms with Gasteiger partial charge in [0.1, 0.15) is 5.65 Å². The van der Waals surface area contributed by atoms with E-state index in [0.717, 1.165) is 6.42 Å². The van der Waals surface area contributed by atoms with Gasteiger partial charge in [-0.25, -0.2) is 13.4 Å². The zero-order chi connectivity index (χ0) is 15.2. The smallest absolute Gasteiger partial charge is 0.262 e. The van der Waals surface area contributed by atoms with Crippen LogP contribution < -0.4 is 5.32 Å². The highest BCUT2D eigenvalue weighted by Crippen LogP contribution is 2.39. The lowest BCUT2D eigenvalue weighted by atomic mass is 10.3. The van der Waals surface area contributed by atoms with Crippen LogP contribution in [0, 0.1) is 11.8 Å². The summed E-state index contributed by atoms with van der Waals surface area (Å²) in [5, 5.41) is 3.09. The van der Waals surface area contributed by atoms with Crippen LogP contribution in [0.5, 0.6) is 0 Å². The molecule has 1 fully saturated rings. The molecular formula is C14H20N4O2S. The summed E-state index contributed by atoms with van der Waals surface area (Å²) >= 11 is 0. The van der Waals surface area contributed by atoms with Crippen LogP contribution in [0.25, 0.3) is 5.65 Å². The quantitative estimate of drug-likeness (QED) is 0.912.